The van der Waals surface area contributed by atoms with Gasteiger partial charge in [0.1, 0.15) is 5.82 Å². The van der Waals surface area contributed by atoms with Gasteiger partial charge in [-0.1, -0.05) is 6.07 Å². The molecule has 0 spiro atoms. The van der Waals surface area contributed by atoms with Gasteiger partial charge in [0, 0.05) is 25.0 Å². The summed E-state index contributed by atoms with van der Waals surface area (Å²) in [6.07, 6.45) is 3.46. The van der Waals surface area contributed by atoms with E-state index in [1.165, 1.54) is 0 Å². The van der Waals surface area contributed by atoms with Crippen LogP contribution in [0.1, 0.15) is 5.56 Å². The molecular formula is C15H13N3O2. The van der Waals surface area contributed by atoms with Crippen LogP contribution in [0.2, 0.25) is 0 Å². The van der Waals surface area contributed by atoms with E-state index in [0.29, 0.717) is 0 Å². The lowest BCUT2D eigenvalue weighted by molar-refractivity contribution is -0.136. The monoisotopic (exact) mass is 267 g/mol. The van der Waals surface area contributed by atoms with Crippen molar-refractivity contribution in [2.45, 2.75) is 6.42 Å². The fourth-order valence-corrected chi connectivity index (χ4v) is 2.29. The maximum atomic E-state index is 10.8. The third-order valence-electron chi connectivity index (χ3n) is 3.24. The van der Waals surface area contributed by atoms with E-state index in [9.17, 15) is 4.79 Å². The molecular weight excluding hydrogens is 254 g/mol. The standard InChI is InChI=1S/C15H13N3O2/c1-18-13-3-2-10(9-14(19)20)8-12(13)17-15(18)11-4-6-16-7-5-11/h2-8H,9H2,1H3,(H,19,20). The SMILES string of the molecule is Cn1c(-c2ccncc2)nc2cc(CC(=O)O)ccc21. The number of carboxylic acids is 1. The van der Waals surface area contributed by atoms with E-state index in [-0.39, 0.29) is 6.42 Å². The lowest BCUT2D eigenvalue weighted by Gasteiger charge is -2.01. The molecule has 0 fully saturated rings. The summed E-state index contributed by atoms with van der Waals surface area (Å²) in [6.45, 7) is 0. The number of imidazole rings is 1. The number of nitrogens with zero attached hydrogens (tertiary/aromatic N) is 3. The number of hydrogen-bond donors (Lipinski definition) is 1. The lowest BCUT2D eigenvalue weighted by Crippen LogP contribution is -1.99. The summed E-state index contributed by atoms with van der Waals surface area (Å²) in [6, 6.07) is 9.37. The molecule has 3 aromatic rings. The molecule has 0 atom stereocenters. The van der Waals surface area contributed by atoms with Crippen molar-refractivity contribution in [2.75, 3.05) is 0 Å². The van der Waals surface area contributed by atoms with Crippen molar-refractivity contribution >= 4 is 17.0 Å². The maximum Gasteiger partial charge on any atom is 0.307 e. The Balaban J connectivity index is 2.12. The molecule has 0 bridgehead atoms. The van der Waals surface area contributed by atoms with Crippen LogP contribution in [0.4, 0.5) is 0 Å². The molecule has 0 aliphatic rings. The Labute approximate surface area is 115 Å². The molecule has 3 rings (SSSR count). The summed E-state index contributed by atoms with van der Waals surface area (Å²) >= 11 is 0. The van der Waals surface area contributed by atoms with E-state index >= 15 is 0 Å². The first-order valence-corrected chi connectivity index (χ1v) is 6.22. The number of aryl methyl sites for hydroxylation is 1. The van der Waals surface area contributed by atoms with Crippen LogP contribution in [0.15, 0.2) is 42.7 Å². The first-order valence-electron chi connectivity index (χ1n) is 6.22. The highest BCUT2D eigenvalue weighted by molar-refractivity contribution is 5.82. The van der Waals surface area contributed by atoms with Gasteiger partial charge in [-0.3, -0.25) is 9.78 Å². The van der Waals surface area contributed by atoms with Crippen LogP contribution in [-0.2, 0) is 18.3 Å². The maximum absolute atomic E-state index is 10.8. The van der Waals surface area contributed by atoms with Crippen LogP contribution in [-0.4, -0.2) is 25.6 Å². The van der Waals surface area contributed by atoms with E-state index in [1.54, 1.807) is 12.4 Å². The molecule has 0 amide bonds. The van der Waals surface area contributed by atoms with Crippen molar-refractivity contribution in [1.82, 2.24) is 14.5 Å². The highest BCUT2D eigenvalue weighted by atomic mass is 16.4. The van der Waals surface area contributed by atoms with Crippen LogP contribution >= 0.6 is 0 Å². The molecule has 2 aromatic heterocycles. The van der Waals surface area contributed by atoms with Gasteiger partial charge >= 0.3 is 5.97 Å². The molecule has 0 aliphatic carbocycles. The fraction of sp³-hybridized carbons (Fsp3) is 0.133. The highest BCUT2D eigenvalue weighted by Crippen LogP contribution is 2.24. The molecule has 0 saturated carbocycles. The second-order valence-corrected chi connectivity index (χ2v) is 4.62. The number of carboxylic acid groups (broad SMARTS) is 1. The summed E-state index contributed by atoms with van der Waals surface area (Å²) in [5.41, 5.74) is 3.52. The van der Waals surface area contributed by atoms with Gasteiger partial charge in [-0.15, -0.1) is 0 Å². The molecule has 1 aromatic carbocycles. The quantitative estimate of drug-likeness (QED) is 0.790. The van der Waals surface area contributed by atoms with Crippen LogP contribution < -0.4 is 0 Å². The van der Waals surface area contributed by atoms with Gasteiger partial charge in [-0.25, -0.2) is 4.98 Å². The zero-order valence-corrected chi connectivity index (χ0v) is 10.9. The van der Waals surface area contributed by atoms with Gasteiger partial charge < -0.3 is 9.67 Å². The van der Waals surface area contributed by atoms with Gasteiger partial charge in [0.2, 0.25) is 0 Å². The van der Waals surface area contributed by atoms with Crippen molar-refractivity contribution in [1.29, 1.82) is 0 Å². The predicted octanol–water partition coefficient (Wildman–Crippen LogP) is 2.26. The summed E-state index contributed by atoms with van der Waals surface area (Å²) in [5, 5.41) is 8.84. The molecule has 0 saturated heterocycles. The number of rotatable bonds is 3. The Bertz CT molecular complexity index is 778. The molecule has 0 unspecified atom stereocenters. The van der Waals surface area contributed by atoms with Crippen LogP contribution in [0, 0.1) is 0 Å². The van der Waals surface area contributed by atoms with Crippen molar-refractivity contribution < 1.29 is 9.90 Å². The summed E-state index contributed by atoms with van der Waals surface area (Å²) in [4.78, 5) is 19.4. The van der Waals surface area contributed by atoms with Gasteiger partial charge in [0.05, 0.1) is 17.5 Å². The molecule has 0 radical (unpaired) electrons. The van der Waals surface area contributed by atoms with Crippen LogP contribution in [0.3, 0.4) is 0 Å². The van der Waals surface area contributed by atoms with E-state index in [4.69, 9.17) is 5.11 Å². The van der Waals surface area contributed by atoms with Crippen LogP contribution in [0.25, 0.3) is 22.4 Å². The molecule has 20 heavy (non-hydrogen) atoms. The van der Waals surface area contributed by atoms with E-state index in [0.717, 1.165) is 28.0 Å². The number of aromatic nitrogens is 3. The average Bonchev–Trinajstić information content (AvgIpc) is 2.76. The number of fused-ring (bicyclic) bond motifs is 1. The van der Waals surface area contributed by atoms with Crippen molar-refractivity contribution in [2.24, 2.45) is 7.05 Å². The number of hydrogen-bond acceptors (Lipinski definition) is 3. The Hall–Kier alpha value is -2.69. The normalized spacial score (nSPS) is 10.8. The van der Waals surface area contributed by atoms with E-state index in [1.807, 2.05) is 41.9 Å². The van der Waals surface area contributed by atoms with Gasteiger partial charge in [0.15, 0.2) is 0 Å². The number of aliphatic carboxylic acids is 1. The fourth-order valence-electron chi connectivity index (χ4n) is 2.29. The Kier molecular flexibility index (Phi) is 2.95. The third kappa shape index (κ3) is 2.14. The topological polar surface area (TPSA) is 68.0 Å². The smallest absolute Gasteiger partial charge is 0.307 e. The largest absolute Gasteiger partial charge is 0.481 e. The molecule has 5 heteroatoms. The summed E-state index contributed by atoms with van der Waals surface area (Å²) < 4.78 is 2.00. The Morgan fingerprint density at radius 3 is 2.70 bits per heavy atom. The number of benzene rings is 1. The van der Waals surface area contributed by atoms with E-state index < -0.39 is 5.97 Å². The Morgan fingerprint density at radius 1 is 1.25 bits per heavy atom. The van der Waals surface area contributed by atoms with Crippen molar-refractivity contribution in [3.05, 3.63) is 48.3 Å². The second-order valence-electron chi connectivity index (χ2n) is 4.62. The number of carbonyl (C=O) groups is 1. The molecule has 2 heterocycles. The zero-order chi connectivity index (χ0) is 14.1. The first kappa shape index (κ1) is 12.3. The van der Waals surface area contributed by atoms with E-state index in [2.05, 4.69) is 9.97 Å². The average molecular weight is 267 g/mol. The van der Waals surface area contributed by atoms with Crippen LogP contribution in [0.5, 0.6) is 0 Å². The molecule has 0 aliphatic heterocycles. The molecule has 5 nitrogen and oxygen atoms in total. The minimum absolute atomic E-state index is 0.0110. The zero-order valence-electron chi connectivity index (χ0n) is 10.9. The molecule has 1 N–H and O–H groups in total. The summed E-state index contributed by atoms with van der Waals surface area (Å²) in [7, 11) is 1.95. The Morgan fingerprint density at radius 2 is 2.00 bits per heavy atom. The van der Waals surface area contributed by atoms with Gasteiger partial charge in [-0.2, -0.15) is 0 Å². The van der Waals surface area contributed by atoms with Gasteiger partial charge in [-0.05, 0) is 29.8 Å². The van der Waals surface area contributed by atoms with Gasteiger partial charge in [0.25, 0.3) is 0 Å². The molecule has 100 valence electrons. The number of pyridine rings is 1. The van der Waals surface area contributed by atoms with Crippen molar-refractivity contribution in [3.63, 3.8) is 0 Å². The predicted molar refractivity (Wildman–Crippen MR) is 75.3 cm³/mol. The minimum Gasteiger partial charge on any atom is -0.481 e. The minimum atomic E-state index is -0.838. The first-order chi connectivity index (χ1) is 9.65. The highest BCUT2D eigenvalue weighted by Gasteiger charge is 2.11. The third-order valence-corrected chi connectivity index (χ3v) is 3.24. The lowest BCUT2D eigenvalue weighted by atomic mass is 10.1. The summed E-state index contributed by atoms with van der Waals surface area (Å²) in [5.74, 6) is 0.00418. The van der Waals surface area contributed by atoms with Crippen molar-refractivity contribution in [3.8, 4) is 11.4 Å². The second kappa shape index (κ2) is 4.77.